The molecule has 1 aliphatic rings. The first-order chi connectivity index (χ1) is 14.9. The van der Waals surface area contributed by atoms with Gasteiger partial charge in [0, 0.05) is 29.6 Å². The van der Waals surface area contributed by atoms with Crippen molar-refractivity contribution >= 4 is 17.8 Å². The summed E-state index contributed by atoms with van der Waals surface area (Å²) >= 11 is 0. The maximum absolute atomic E-state index is 13.1. The lowest BCUT2D eigenvalue weighted by molar-refractivity contribution is 0.0811. The summed E-state index contributed by atoms with van der Waals surface area (Å²) in [5.41, 5.74) is 2.20. The molecule has 2 aromatic carbocycles. The van der Waals surface area contributed by atoms with Crippen LogP contribution in [0.25, 0.3) is 6.08 Å². The number of likely N-dealkylation sites (tertiary alicyclic amines) is 1. The SMILES string of the molecule is C=Cc1ccc(C(=O)NC(CN2CCC(C(=O)c3ccc(F)cc3)CC2)C(C)C)cc1. The minimum atomic E-state index is -0.329. The van der Waals surface area contributed by atoms with Gasteiger partial charge in [-0.3, -0.25) is 9.59 Å². The maximum atomic E-state index is 13.1. The van der Waals surface area contributed by atoms with Gasteiger partial charge in [0.05, 0.1) is 0 Å². The third-order valence-electron chi connectivity index (χ3n) is 6.07. The van der Waals surface area contributed by atoms with Gasteiger partial charge in [-0.25, -0.2) is 4.39 Å². The summed E-state index contributed by atoms with van der Waals surface area (Å²) in [6.07, 6.45) is 3.30. The van der Waals surface area contributed by atoms with Gasteiger partial charge in [-0.2, -0.15) is 0 Å². The predicted molar refractivity (Wildman–Crippen MR) is 123 cm³/mol. The van der Waals surface area contributed by atoms with Gasteiger partial charge < -0.3 is 10.2 Å². The second-order valence-electron chi connectivity index (χ2n) is 8.60. The fourth-order valence-electron chi connectivity index (χ4n) is 3.95. The second-order valence-corrected chi connectivity index (χ2v) is 8.60. The minimum Gasteiger partial charge on any atom is -0.348 e. The molecule has 0 radical (unpaired) electrons. The number of nitrogens with one attached hydrogen (secondary N) is 1. The van der Waals surface area contributed by atoms with Crippen LogP contribution in [0.15, 0.2) is 55.1 Å². The van der Waals surface area contributed by atoms with Crippen molar-refractivity contribution in [2.24, 2.45) is 11.8 Å². The van der Waals surface area contributed by atoms with E-state index in [0.717, 1.165) is 38.0 Å². The smallest absolute Gasteiger partial charge is 0.251 e. The zero-order chi connectivity index (χ0) is 22.4. The molecule has 0 aromatic heterocycles. The van der Waals surface area contributed by atoms with E-state index in [1.54, 1.807) is 18.2 Å². The van der Waals surface area contributed by atoms with E-state index in [0.29, 0.717) is 11.1 Å². The molecule has 1 unspecified atom stereocenters. The van der Waals surface area contributed by atoms with Crippen molar-refractivity contribution in [2.45, 2.75) is 32.7 Å². The molecule has 1 fully saturated rings. The molecule has 1 saturated heterocycles. The molecule has 1 heterocycles. The first kappa shape index (κ1) is 22.9. The fourth-order valence-corrected chi connectivity index (χ4v) is 3.95. The highest BCUT2D eigenvalue weighted by Gasteiger charge is 2.28. The third-order valence-corrected chi connectivity index (χ3v) is 6.07. The molecule has 2 aromatic rings. The lowest BCUT2D eigenvalue weighted by Gasteiger charge is -2.35. The molecule has 0 aliphatic carbocycles. The number of piperidine rings is 1. The number of benzene rings is 2. The summed E-state index contributed by atoms with van der Waals surface area (Å²) in [7, 11) is 0. The van der Waals surface area contributed by atoms with Gasteiger partial charge in [0.2, 0.25) is 0 Å². The number of hydrogen-bond donors (Lipinski definition) is 1. The van der Waals surface area contributed by atoms with Gasteiger partial charge in [0.25, 0.3) is 5.91 Å². The Balaban J connectivity index is 1.54. The highest BCUT2D eigenvalue weighted by Crippen LogP contribution is 2.23. The predicted octanol–water partition coefficient (Wildman–Crippen LogP) is 4.82. The van der Waals surface area contributed by atoms with Crippen LogP contribution in [-0.4, -0.2) is 42.3 Å². The zero-order valence-corrected chi connectivity index (χ0v) is 18.3. The Kier molecular flexibility index (Phi) is 7.75. The lowest BCUT2D eigenvalue weighted by Crippen LogP contribution is -2.49. The highest BCUT2D eigenvalue weighted by atomic mass is 19.1. The fraction of sp³-hybridized carbons (Fsp3) is 0.385. The number of ketones is 1. The van der Waals surface area contributed by atoms with E-state index in [-0.39, 0.29) is 35.4 Å². The van der Waals surface area contributed by atoms with Crippen LogP contribution in [0.2, 0.25) is 0 Å². The number of hydrogen-bond acceptors (Lipinski definition) is 3. The number of halogens is 1. The average Bonchev–Trinajstić information content (AvgIpc) is 2.79. The van der Waals surface area contributed by atoms with Crippen molar-refractivity contribution in [3.8, 4) is 0 Å². The standard InChI is InChI=1S/C26H31FN2O2/c1-4-19-5-7-22(8-6-19)26(31)28-24(18(2)3)17-29-15-13-21(14-16-29)25(30)20-9-11-23(27)12-10-20/h4-12,18,21,24H,1,13-17H2,2-3H3,(H,28,31). The van der Waals surface area contributed by atoms with Crippen molar-refractivity contribution in [1.29, 1.82) is 0 Å². The number of Topliss-reactive ketones (excluding diaryl/α,β-unsaturated/α-hetero) is 1. The molecule has 31 heavy (non-hydrogen) atoms. The molecule has 1 amide bonds. The summed E-state index contributed by atoms with van der Waals surface area (Å²) in [4.78, 5) is 27.7. The molecular weight excluding hydrogens is 391 g/mol. The number of nitrogens with zero attached hydrogens (tertiary/aromatic N) is 1. The molecule has 3 rings (SSSR count). The average molecular weight is 423 g/mol. The summed E-state index contributed by atoms with van der Waals surface area (Å²) in [5.74, 6) is -0.0519. The largest absolute Gasteiger partial charge is 0.348 e. The van der Waals surface area contributed by atoms with Crippen molar-refractivity contribution in [1.82, 2.24) is 10.2 Å². The first-order valence-corrected chi connectivity index (χ1v) is 10.9. The summed E-state index contributed by atoms with van der Waals surface area (Å²) in [6, 6.07) is 13.2. The first-order valence-electron chi connectivity index (χ1n) is 10.9. The highest BCUT2D eigenvalue weighted by molar-refractivity contribution is 5.98. The Hall–Kier alpha value is -2.79. The van der Waals surface area contributed by atoms with Crippen molar-refractivity contribution < 1.29 is 14.0 Å². The normalized spacial score (nSPS) is 16.1. The van der Waals surface area contributed by atoms with Gasteiger partial charge in [0.15, 0.2) is 5.78 Å². The molecular formula is C26H31FN2O2. The Bertz CT molecular complexity index is 898. The van der Waals surface area contributed by atoms with E-state index < -0.39 is 0 Å². The van der Waals surface area contributed by atoms with E-state index in [2.05, 4.69) is 30.6 Å². The Morgan fingerprint density at radius 3 is 2.19 bits per heavy atom. The molecule has 5 heteroatoms. The Morgan fingerprint density at radius 1 is 1.06 bits per heavy atom. The lowest BCUT2D eigenvalue weighted by atomic mass is 9.88. The van der Waals surface area contributed by atoms with Crippen LogP contribution in [0.1, 0.15) is 53.0 Å². The Morgan fingerprint density at radius 2 is 1.65 bits per heavy atom. The van der Waals surface area contributed by atoms with E-state index in [4.69, 9.17) is 0 Å². The van der Waals surface area contributed by atoms with Gasteiger partial charge in [-0.05, 0) is 73.8 Å². The molecule has 4 nitrogen and oxygen atoms in total. The molecule has 0 saturated carbocycles. The van der Waals surface area contributed by atoms with Gasteiger partial charge in [-0.1, -0.05) is 38.6 Å². The minimum absolute atomic E-state index is 0.0240. The van der Waals surface area contributed by atoms with E-state index in [9.17, 15) is 14.0 Å². The zero-order valence-electron chi connectivity index (χ0n) is 18.3. The van der Waals surface area contributed by atoms with Gasteiger partial charge in [-0.15, -0.1) is 0 Å². The summed E-state index contributed by atoms with van der Waals surface area (Å²) in [6.45, 7) is 10.3. The Labute approximate surface area is 184 Å². The summed E-state index contributed by atoms with van der Waals surface area (Å²) < 4.78 is 13.1. The maximum Gasteiger partial charge on any atom is 0.251 e. The van der Waals surface area contributed by atoms with Crippen molar-refractivity contribution in [3.05, 3.63) is 77.6 Å². The second kappa shape index (κ2) is 10.5. The molecule has 0 bridgehead atoms. The molecule has 1 aliphatic heterocycles. The van der Waals surface area contributed by atoms with E-state index in [1.807, 2.05) is 24.3 Å². The number of carbonyl (C=O) groups is 2. The summed E-state index contributed by atoms with van der Waals surface area (Å²) in [5, 5.41) is 3.17. The van der Waals surface area contributed by atoms with Gasteiger partial charge in [0.1, 0.15) is 5.82 Å². The van der Waals surface area contributed by atoms with Crippen LogP contribution in [0.5, 0.6) is 0 Å². The van der Waals surface area contributed by atoms with Crippen molar-refractivity contribution in [3.63, 3.8) is 0 Å². The molecule has 164 valence electrons. The topological polar surface area (TPSA) is 49.4 Å². The van der Waals surface area contributed by atoms with Crippen LogP contribution in [0, 0.1) is 17.7 Å². The molecule has 1 N–H and O–H groups in total. The van der Waals surface area contributed by atoms with E-state index >= 15 is 0 Å². The number of rotatable bonds is 8. The molecule has 1 atom stereocenters. The van der Waals surface area contributed by atoms with Crippen LogP contribution < -0.4 is 5.32 Å². The molecule has 0 spiro atoms. The van der Waals surface area contributed by atoms with Crippen LogP contribution in [-0.2, 0) is 0 Å². The monoisotopic (exact) mass is 422 g/mol. The van der Waals surface area contributed by atoms with Crippen molar-refractivity contribution in [2.75, 3.05) is 19.6 Å². The number of amides is 1. The van der Waals surface area contributed by atoms with Crippen LogP contribution in [0.4, 0.5) is 4.39 Å². The van der Waals surface area contributed by atoms with Gasteiger partial charge >= 0.3 is 0 Å². The van der Waals surface area contributed by atoms with Crippen LogP contribution >= 0.6 is 0 Å². The van der Waals surface area contributed by atoms with E-state index in [1.165, 1.54) is 12.1 Å². The third kappa shape index (κ3) is 6.11. The quantitative estimate of drug-likeness (QED) is 0.621. The number of carbonyl (C=O) groups excluding carboxylic acids is 2. The van der Waals surface area contributed by atoms with Crippen LogP contribution in [0.3, 0.4) is 0 Å².